The van der Waals surface area contributed by atoms with Crippen LogP contribution in [0.25, 0.3) is 27.6 Å². The van der Waals surface area contributed by atoms with Crippen LogP contribution in [0.15, 0.2) is 152 Å². The quantitative estimate of drug-likeness (QED) is 0.109. The van der Waals surface area contributed by atoms with E-state index in [1.54, 1.807) is 19.9 Å². The van der Waals surface area contributed by atoms with E-state index in [4.69, 9.17) is 5.11 Å². The van der Waals surface area contributed by atoms with Gasteiger partial charge in [0.25, 0.3) is 0 Å². The second-order valence-corrected chi connectivity index (χ2v) is 9.63. The normalized spacial score (nSPS) is 9.54. The fraction of sp³-hybridized carbons (Fsp3) is 0.0750. The topological polar surface area (TPSA) is 101 Å². The molecular formula is C40H37NaO5. The molecule has 6 aromatic carbocycles. The third-order valence-corrected chi connectivity index (χ3v) is 6.35. The summed E-state index contributed by atoms with van der Waals surface area (Å²) >= 11 is 0. The molecule has 0 fully saturated rings. The molecule has 6 aromatic rings. The van der Waals surface area contributed by atoms with Gasteiger partial charge in [0.2, 0.25) is 0 Å². The van der Waals surface area contributed by atoms with Crippen molar-refractivity contribution in [3.8, 4) is 0 Å². The van der Waals surface area contributed by atoms with Crippen LogP contribution >= 0.6 is 0 Å². The van der Waals surface area contributed by atoms with E-state index in [1.165, 1.54) is 16.2 Å². The zero-order chi connectivity index (χ0) is 31.6. The number of aldehydes is 1. The molecule has 0 spiro atoms. The third kappa shape index (κ3) is 13.2. The van der Waals surface area contributed by atoms with Crippen molar-refractivity contribution in [2.24, 2.45) is 0 Å². The van der Waals surface area contributed by atoms with Crippen molar-refractivity contribution in [2.75, 3.05) is 6.61 Å². The maximum absolute atomic E-state index is 12.0. The molecule has 0 aliphatic rings. The van der Waals surface area contributed by atoms with Gasteiger partial charge < -0.3 is 10.6 Å². The van der Waals surface area contributed by atoms with Gasteiger partial charge in [0.1, 0.15) is 6.29 Å². The van der Waals surface area contributed by atoms with Crippen LogP contribution in [0.3, 0.4) is 0 Å². The van der Waals surface area contributed by atoms with Gasteiger partial charge in [0.05, 0.1) is 0 Å². The Bertz CT molecular complexity index is 1820. The monoisotopic (exact) mass is 620 g/mol. The Morgan fingerprint density at radius 1 is 0.587 bits per heavy atom. The first-order valence-corrected chi connectivity index (χ1v) is 14.3. The van der Waals surface area contributed by atoms with Gasteiger partial charge in [-0.05, 0) is 59.2 Å². The Labute approximate surface area is 292 Å². The van der Waals surface area contributed by atoms with E-state index in [9.17, 15) is 14.4 Å². The summed E-state index contributed by atoms with van der Waals surface area (Å²) in [5.74, 6) is 0.148. The summed E-state index contributed by atoms with van der Waals surface area (Å²) in [7, 11) is 0. The molecule has 0 amide bonds. The summed E-state index contributed by atoms with van der Waals surface area (Å²) in [6, 6.07) is 46.6. The molecule has 6 heteroatoms. The Hall–Kier alpha value is -4.49. The van der Waals surface area contributed by atoms with Crippen molar-refractivity contribution < 1.29 is 54.5 Å². The molecule has 0 bridgehead atoms. The summed E-state index contributed by atoms with van der Waals surface area (Å²) in [5, 5.41) is 12.2. The molecule has 6 rings (SSSR count). The zero-order valence-electron chi connectivity index (χ0n) is 26.4. The summed E-state index contributed by atoms with van der Waals surface area (Å²) in [6.45, 7) is 3.50. The van der Waals surface area contributed by atoms with Crippen LogP contribution in [-0.2, 0) is 0 Å². The molecule has 0 atom stereocenters. The summed E-state index contributed by atoms with van der Waals surface area (Å²) in [5.41, 5.74) is 3.25. The number of allylic oxidation sites excluding steroid dienone is 1. The number of rotatable bonds is 5. The van der Waals surface area contributed by atoms with Gasteiger partial charge in [0.15, 0.2) is 11.6 Å². The van der Waals surface area contributed by atoms with Crippen LogP contribution in [0.2, 0.25) is 0 Å². The maximum atomic E-state index is 12.0. The zero-order valence-corrected chi connectivity index (χ0v) is 28.4. The fourth-order valence-corrected chi connectivity index (χ4v) is 4.14. The molecule has 0 aromatic heterocycles. The average Bonchev–Trinajstić information content (AvgIpc) is 3.08. The van der Waals surface area contributed by atoms with Gasteiger partial charge in [-0.3, -0.25) is 14.4 Å². The Kier molecular flexibility index (Phi) is 19.0. The first-order valence-electron chi connectivity index (χ1n) is 14.3. The Morgan fingerprint density at radius 3 is 1.41 bits per heavy atom. The number of ketones is 2. The number of carbonyl (C=O) groups excluding carboxylic acids is 3. The average molecular weight is 621 g/mol. The van der Waals surface area contributed by atoms with Gasteiger partial charge in [-0.2, -0.15) is 0 Å². The second kappa shape index (κ2) is 22.1. The summed E-state index contributed by atoms with van der Waals surface area (Å²) in [4.78, 5) is 33.1. The number of carbonyl (C=O) groups is 3. The van der Waals surface area contributed by atoms with Gasteiger partial charge in [0, 0.05) is 23.3 Å². The Morgan fingerprint density at radius 2 is 0.978 bits per heavy atom. The molecule has 2 N–H and O–H groups in total. The van der Waals surface area contributed by atoms with Gasteiger partial charge >= 0.3 is 29.6 Å². The molecular weight excluding hydrogens is 583 g/mol. The molecule has 228 valence electrons. The third-order valence-electron chi connectivity index (χ3n) is 6.35. The molecule has 46 heavy (non-hydrogen) atoms. The standard InChI is InChI=1S/C19H14O.C11H8O.C8H8O.C2H6O.Na.H2O/c20-19(17-7-2-1-3-8-17)13-11-15-10-12-16-6-4-5-9-18(16)14-15;12-8-9-5-6-10-3-1-2-4-11(10)7-9;1-7(9)8-5-3-2-4-6-8;1-2-3;;/h1-14H;1-8H;2-6H,1H3;3H,2H2,1H3;;1H2/q;;;;+1;/p-1/b13-11+;;;;;. The van der Waals surface area contributed by atoms with E-state index in [1.807, 2.05) is 127 Å². The first-order chi connectivity index (χ1) is 21.4. The fourth-order valence-electron chi connectivity index (χ4n) is 4.14. The molecule has 5 nitrogen and oxygen atoms in total. The molecule has 0 radical (unpaired) electrons. The van der Waals surface area contributed by atoms with Crippen LogP contribution in [0, 0.1) is 0 Å². The van der Waals surface area contributed by atoms with E-state index in [0.717, 1.165) is 28.4 Å². The number of fused-ring (bicyclic) bond motifs is 2. The van der Waals surface area contributed by atoms with Crippen molar-refractivity contribution >= 4 is 45.5 Å². The number of benzene rings is 6. The molecule has 0 aliphatic carbocycles. The molecule has 0 saturated heterocycles. The van der Waals surface area contributed by atoms with E-state index in [-0.39, 0.29) is 53.2 Å². The van der Waals surface area contributed by atoms with Gasteiger partial charge in [-0.25, -0.2) is 0 Å². The number of Topliss-reactive ketones (excluding diaryl/α,β-unsaturated/α-hetero) is 1. The summed E-state index contributed by atoms with van der Waals surface area (Å²) in [6.07, 6.45) is 4.35. The SMILES string of the molecule is CC(=O)c1ccccc1.CCO.O=C(/C=C/c1ccc2ccccc2c1)c1ccccc1.O=Cc1ccc2ccccc2c1.[Na+].[OH-]. The number of hydrogen-bond donors (Lipinski definition) is 1. The minimum atomic E-state index is 0. The number of hydrogen-bond acceptors (Lipinski definition) is 5. The van der Waals surface area contributed by atoms with Crippen LogP contribution in [0.5, 0.6) is 0 Å². The number of aliphatic hydroxyl groups excluding tert-OH is 1. The van der Waals surface area contributed by atoms with Crippen molar-refractivity contribution in [1.29, 1.82) is 0 Å². The van der Waals surface area contributed by atoms with Gasteiger partial charge in [-0.15, -0.1) is 0 Å². The van der Waals surface area contributed by atoms with Gasteiger partial charge in [-0.1, -0.05) is 140 Å². The van der Waals surface area contributed by atoms with Crippen LogP contribution < -0.4 is 29.6 Å². The minimum Gasteiger partial charge on any atom is -0.870 e. The van der Waals surface area contributed by atoms with E-state index >= 15 is 0 Å². The van der Waals surface area contributed by atoms with Crippen molar-refractivity contribution in [3.05, 3.63) is 174 Å². The smallest absolute Gasteiger partial charge is 0.870 e. The van der Waals surface area contributed by atoms with Crippen LogP contribution in [-0.4, -0.2) is 35.0 Å². The minimum absolute atomic E-state index is 0. The maximum Gasteiger partial charge on any atom is 1.00 e. The molecule has 0 saturated carbocycles. The van der Waals surface area contributed by atoms with Crippen molar-refractivity contribution in [1.82, 2.24) is 0 Å². The van der Waals surface area contributed by atoms with E-state index < -0.39 is 0 Å². The first kappa shape index (κ1) is 39.5. The predicted octanol–water partition coefficient (Wildman–Crippen LogP) is 6.10. The largest absolute Gasteiger partial charge is 1.00 e. The molecule has 0 heterocycles. The van der Waals surface area contributed by atoms with Crippen molar-refractivity contribution in [3.63, 3.8) is 0 Å². The summed E-state index contributed by atoms with van der Waals surface area (Å²) < 4.78 is 0. The van der Waals surface area contributed by atoms with Crippen molar-refractivity contribution in [2.45, 2.75) is 13.8 Å². The molecule has 0 unspecified atom stereocenters. The van der Waals surface area contributed by atoms with Crippen LogP contribution in [0.4, 0.5) is 0 Å². The molecule has 0 aliphatic heterocycles. The second-order valence-electron chi connectivity index (χ2n) is 9.63. The Balaban J connectivity index is 0.000000349. The van der Waals surface area contributed by atoms with E-state index in [0.29, 0.717) is 5.56 Å². The van der Waals surface area contributed by atoms with E-state index in [2.05, 4.69) is 24.3 Å². The predicted molar refractivity (Wildman–Crippen MR) is 184 cm³/mol. The number of aliphatic hydroxyl groups is 1. The van der Waals surface area contributed by atoms with Crippen LogP contribution in [0.1, 0.15) is 50.5 Å².